The Balaban J connectivity index is 1.26. The Kier molecular flexibility index (Phi) is 6.95. The Bertz CT molecular complexity index is 2790. The maximum absolute atomic E-state index is 14.3. The van der Waals surface area contributed by atoms with Crippen molar-refractivity contribution in [1.29, 1.82) is 0 Å². The topological polar surface area (TPSA) is 52.2 Å². The van der Waals surface area contributed by atoms with Gasteiger partial charge in [0, 0.05) is 34.3 Å². The van der Waals surface area contributed by atoms with Crippen molar-refractivity contribution < 1.29 is 0 Å². The van der Waals surface area contributed by atoms with E-state index < -0.39 is 11.1 Å². The van der Waals surface area contributed by atoms with E-state index in [1.54, 1.807) is 9.13 Å². The Morgan fingerprint density at radius 3 is 1.74 bits per heavy atom. The van der Waals surface area contributed by atoms with Gasteiger partial charge in [-0.05, 0) is 79.2 Å². The fourth-order valence-electron chi connectivity index (χ4n) is 7.41. The molecule has 6 nitrogen and oxygen atoms in total. The van der Waals surface area contributed by atoms with Gasteiger partial charge in [-0.1, -0.05) is 97.1 Å². The summed E-state index contributed by atoms with van der Waals surface area (Å²) in [5.41, 5.74) is 8.73. The molecule has 2 aromatic heterocycles. The highest BCUT2D eigenvalue weighted by Crippen LogP contribution is 2.42. The molecule has 50 heavy (non-hydrogen) atoms. The number of aromatic nitrogens is 3. The van der Waals surface area contributed by atoms with Gasteiger partial charge in [-0.3, -0.25) is 18.7 Å². The number of para-hydroxylation sites is 5. The van der Waals surface area contributed by atoms with E-state index >= 15 is 0 Å². The summed E-state index contributed by atoms with van der Waals surface area (Å²) in [5.74, 6) is 0. The van der Waals surface area contributed by atoms with Crippen LogP contribution >= 0.6 is 0 Å². The second-order valence-corrected chi connectivity index (χ2v) is 12.5. The molecule has 0 unspecified atom stereocenters. The van der Waals surface area contributed by atoms with Crippen LogP contribution in [0.1, 0.15) is 12.5 Å². The first-order chi connectivity index (χ1) is 24.6. The summed E-state index contributed by atoms with van der Waals surface area (Å²) in [6.07, 6.45) is 6.21. The fraction of sp³-hybridized carbons (Fsp3) is 0.0455. The van der Waals surface area contributed by atoms with Crippen LogP contribution in [0.4, 0.5) is 11.4 Å². The molecule has 8 aromatic rings. The van der Waals surface area contributed by atoms with Gasteiger partial charge in [0.25, 0.3) is 0 Å². The average molecular weight is 649 g/mol. The summed E-state index contributed by atoms with van der Waals surface area (Å²) >= 11 is 0. The van der Waals surface area contributed by atoms with Gasteiger partial charge in [-0.25, -0.2) is 0 Å². The van der Waals surface area contributed by atoms with E-state index in [-0.39, 0.29) is 0 Å². The van der Waals surface area contributed by atoms with Crippen molar-refractivity contribution in [2.45, 2.75) is 6.92 Å². The summed E-state index contributed by atoms with van der Waals surface area (Å²) in [7, 11) is 0. The lowest BCUT2D eigenvalue weighted by molar-refractivity contribution is 0.918. The van der Waals surface area contributed by atoms with Crippen LogP contribution in [0, 0.1) is 0 Å². The minimum Gasteiger partial charge on any atom is -0.336 e. The van der Waals surface area contributed by atoms with Gasteiger partial charge < -0.3 is 9.47 Å². The molecular formula is C44H32N4O2. The molecule has 0 radical (unpaired) electrons. The number of fused-ring (bicyclic) bond motifs is 5. The highest BCUT2D eigenvalue weighted by atomic mass is 16.2. The number of anilines is 2. The largest absolute Gasteiger partial charge is 0.336 e. The molecule has 0 saturated carbocycles. The normalized spacial score (nSPS) is 13.7. The number of allylic oxidation sites excluding steroid dienone is 3. The van der Waals surface area contributed by atoms with Crippen molar-refractivity contribution in [3.63, 3.8) is 0 Å². The lowest BCUT2D eigenvalue weighted by atomic mass is 10.1. The Morgan fingerprint density at radius 1 is 0.500 bits per heavy atom. The van der Waals surface area contributed by atoms with Gasteiger partial charge in [-0.15, -0.1) is 0 Å². The minimum absolute atomic E-state index is 0.610. The fourth-order valence-corrected chi connectivity index (χ4v) is 7.41. The maximum atomic E-state index is 14.3. The van der Waals surface area contributed by atoms with E-state index in [2.05, 4.69) is 70.1 Å². The number of hydrogen-bond acceptors (Lipinski definition) is 3. The summed E-state index contributed by atoms with van der Waals surface area (Å²) in [6, 6.07) is 48.4. The summed E-state index contributed by atoms with van der Waals surface area (Å²) in [5, 5.41) is 2.19. The molecule has 0 N–H and O–H groups in total. The van der Waals surface area contributed by atoms with Gasteiger partial charge in [-0.2, -0.15) is 0 Å². The molecule has 240 valence electrons. The van der Waals surface area contributed by atoms with E-state index in [0.717, 1.165) is 44.4 Å². The molecule has 9 rings (SSSR count). The van der Waals surface area contributed by atoms with E-state index in [0.29, 0.717) is 29.0 Å². The van der Waals surface area contributed by atoms with Gasteiger partial charge in [0.05, 0.1) is 39.1 Å². The zero-order chi connectivity index (χ0) is 33.8. The SMILES string of the molecule is C/C=C\C=C1/CN(c2ccccc2)c2cc(-n3c(=O)c(=O)n(-c4ccc5c6ccccc6n(-c6ccccc6)c5c4)c4ccccc43)ccc21. The highest BCUT2D eigenvalue weighted by molar-refractivity contribution is 6.09. The molecule has 3 heterocycles. The number of rotatable bonds is 5. The van der Waals surface area contributed by atoms with Crippen molar-refractivity contribution in [3.8, 4) is 17.1 Å². The van der Waals surface area contributed by atoms with Crippen LogP contribution in [-0.4, -0.2) is 20.2 Å². The number of hydrogen-bond donors (Lipinski definition) is 0. The van der Waals surface area contributed by atoms with Gasteiger partial charge in [0.1, 0.15) is 0 Å². The van der Waals surface area contributed by atoms with Crippen LogP contribution < -0.4 is 16.0 Å². The zero-order valence-corrected chi connectivity index (χ0v) is 27.4. The second-order valence-electron chi connectivity index (χ2n) is 12.5. The molecular weight excluding hydrogens is 617 g/mol. The van der Waals surface area contributed by atoms with Crippen molar-refractivity contribution >= 4 is 49.8 Å². The standard InChI is InChI=1S/C44H32N4O2/c1-2-3-14-30-29-45(31-15-6-4-7-16-31)41-27-33(23-25-35(30)41)47-39-21-12-13-22-40(39)48(44(50)43(47)49)34-24-26-37-36-19-10-11-20-38(36)46(42(37)28-34)32-17-8-5-9-18-32/h2-28H,29H2,1H3/b3-2-,30-14+. The molecule has 6 heteroatoms. The third-order valence-corrected chi connectivity index (χ3v) is 9.65. The molecule has 1 aliphatic heterocycles. The first-order valence-corrected chi connectivity index (χ1v) is 16.8. The van der Waals surface area contributed by atoms with Gasteiger partial charge in [0.15, 0.2) is 0 Å². The van der Waals surface area contributed by atoms with Crippen LogP contribution in [0.25, 0.3) is 55.5 Å². The molecule has 0 fully saturated rings. The Labute approximate surface area is 288 Å². The predicted octanol–water partition coefficient (Wildman–Crippen LogP) is 9.35. The molecule has 1 aliphatic rings. The lowest BCUT2D eigenvalue weighted by Crippen LogP contribution is -2.40. The molecule has 0 bridgehead atoms. The first kappa shape index (κ1) is 29.5. The number of nitrogens with zero attached hydrogens (tertiary/aromatic N) is 4. The molecule has 0 spiro atoms. The quantitative estimate of drug-likeness (QED) is 0.175. The molecule has 0 aliphatic carbocycles. The average Bonchev–Trinajstić information content (AvgIpc) is 3.70. The smallest absolute Gasteiger partial charge is 0.321 e. The lowest BCUT2D eigenvalue weighted by Gasteiger charge is -2.21. The first-order valence-electron chi connectivity index (χ1n) is 16.8. The van der Waals surface area contributed by atoms with Gasteiger partial charge in [0.2, 0.25) is 0 Å². The third-order valence-electron chi connectivity index (χ3n) is 9.65. The monoisotopic (exact) mass is 648 g/mol. The maximum Gasteiger partial charge on any atom is 0.321 e. The molecule has 0 saturated heterocycles. The van der Waals surface area contributed by atoms with E-state index in [1.165, 1.54) is 5.57 Å². The van der Waals surface area contributed by atoms with E-state index in [9.17, 15) is 9.59 Å². The number of benzene rings is 6. The van der Waals surface area contributed by atoms with E-state index in [4.69, 9.17) is 0 Å². The molecule has 0 amide bonds. The summed E-state index contributed by atoms with van der Waals surface area (Å²) in [6.45, 7) is 2.71. The second kappa shape index (κ2) is 11.8. The molecule has 6 aromatic carbocycles. The Hall–Kier alpha value is -6.66. The van der Waals surface area contributed by atoms with E-state index in [1.807, 2.05) is 110 Å². The molecule has 0 atom stereocenters. The van der Waals surface area contributed by atoms with Crippen LogP contribution in [-0.2, 0) is 0 Å². The summed E-state index contributed by atoms with van der Waals surface area (Å²) in [4.78, 5) is 30.9. The summed E-state index contributed by atoms with van der Waals surface area (Å²) < 4.78 is 5.33. The highest BCUT2D eigenvalue weighted by Gasteiger charge is 2.26. The van der Waals surface area contributed by atoms with Crippen LogP contribution in [0.15, 0.2) is 173 Å². The van der Waals surface area contributed by atoms with Crippen LogP contribution in [0.2, 0.25) is 0 Å². The van der Waals surface area contributed by atoms with Gasteiger partial charge >= 0.3 is 11.1 Å². The zero-order valence-electron chi connectivity index (χ0n) is 27.4. The van der Waals surface area contributed by atoms with Crippen molar-refractivity contribution in [2.24, 2.45) is 0 Å². The van der Waals surface area contributed by atoms with Crippen LogP contribution in [0.3, 0.4) is 0 Å². The minimum atomic E-state index is -0.612. The Morgan fingerprint density at radius 2 is 1.06 bits per heavy atom. The van der Waals surface area contributed by atoms with Crippen LogP contribution in [0.5, 0.6) is 0 Å². The predicted molar refractivity (Wildman–Crippen MR) is 206 cm³/mol. The van der Waals surface area contributed by atoms with Crippen molar-refractivity contribution in [3.05, 3.63) is 190 Å². The third kappa shape index (κ3) is 4.57. The van der Waals surface area contributed by atoms with Crippen molar-refractivity contribution in [1.82, 2.24) is 13.7 Å². The van der Waals surface area contributed by atoms with Crippen molar-refractivity contribution in [2.75, 3.05) is 11.4 Å².